The molecule has 4 aliphatic heterocycles. The third kappa shape index (κ3) is 6.93. The smallest absolute Gasteiger partial charge is 0.266 e. The van der Waals surface area contributed by atoms with Crippen LogP contribution in [0.5, 0.6) is 0 Å². The maximum atomic E-state index is 15.3. The number of hydrogen-bond acceptors (Lipinski definition) is 9. The topological polar surface area (TPSA) is 167 Å². The number of anilines is 4. The van der Waals surface area contributed by atoms with Gasteiger partial charge in [0.1, 0.15) is 0 Å². The Morgan fingerprint density at radius 1 is 0.354 bits per heavy atom. The van der Waals surface area contributed by atoms with Crippen molar-refractivity contribution < 1.29 is 60.7 Å². The monoisotopic (exact) mass is 1110 g/mol. The number of halogens is 4. The van der Waals surface area contributed by atoms with Crippen molar-refractivity contribution in [3.63, 3.8) is 0 Å². The van der Waals surface area contributed by atoms with E-state index in [0.29, 0.717) is 35.6 Å². The lowest BCUT2D eigenvalue weighted by Gasteiger charge is -2.29. The zero-order chi connectivity index (χ0) is 57.5. The standard InChI is InChI=1S/C65H50F4N4O9/c1-29-30(2)52-48-47(51(29)64(52,66)67)60(79)72(61(48)80)41-19-9-35(10-20-41)25-33-5-15-39(16-6-33)70-56(75)43-23-13-37(27-45(43)58(70)77)55(74)38-14-24-44-46(28-38)59(78)71(57(44)76)40-17-7-34(8-18-40)26-36-11-21-42(22-12-36)73-62(81)49-50(63(73)82)54-32(4)31(3)53(49)65(54,68)69/h5-24,27-32,47-54H,25-26H2,1-4H3. The summed E-state index contributed by atoms with van der Waals surface area (Å²) in [5, 5.41) is 0. The molecule has 2 saturated heterocycles. The zero-order valence-corrected chi connectivity index (χ0v) is 44.5. The van der Waals surface area contributed by atoms with Crippen molar-refractivity contribution in [3.8, 4) is 0 Å². The van der Waals surface area contributed by atoms with Crippen LogP contribution in [0.4, 0.5) is 40.3 Å². The normalized spacial score (nSPS) is 29.7. The second-order valence-electron chi connectivity index (χ2n) is 23.8. The number of hydrogen-bond donors (Lipinski definition) is 0. The van der Waals surface area contributed by atoms with Crippen molar-refractivity contribution in [2.24, 2.45) is 71.0 Å². The molecule has 0 spiro atoms. The van der Waals surface area contributed by atoms with Gasteiger partial charge in [0.15, 0.2) is 5.78 Å². The summed E-state index contributed by atoms with van der Waals surface area (Å²) < 4.78 is 61.0. The van der Waals surface area contributed by atoms with Crippen LogP contribution >= 0.6 is 0 Å². The molecule has 6 aromatic carbocycles. The van der Waals surface area contributed by atoms with Gasteiger partial charge in [-0.25, -0.2) is 27.4 Å². The Bertz CT molecular complexity index is 3580. The number of carbonyl (C=O) groups is 9. The van der Waals surface area contributed by atoms with E-state index in [1.54, 1.807) is 125 Å². The van der Waals surface area contributed by atoms with Crippen molar-refractivity contribution in [1.29, 1.82) is 0 Å². The minimum atomic E-state index is -3.06. The summed E-state index contributed by atoms with van der Waals surface area (Å²) in [5.74, 6) is -21.8. The summed E-state index contributed by atoms with van der Waals surface area (Å²) in [7, 11) is 0. The average molecular weight is 1110 g/mol. The fraction of sp³-hybridized carbons (Fsp3) is 0.308. The zero-order valence-electron chi connectivity index (χ0n) is 44.5. The molecule has 4 saturated carbocycles. The first-order valence-corrected chi connectivity index (χ1v) is 27.6. The van der Waals surface area contributed by atoms with Crippen LogP contribution in [0.2, 0.25) is 0 Å². The van der Waals surface area contributed by atoms with Gasteiger partial charge in [0.25, 0.3) is 35.5 Å². The predicted octanol–water partition coefficient (Wildman–Crippen LogP) is 10.2. The van der Waals surface area contributed by atoms with Gasteiger partial charge in [-0.15, -0.1) is 0 Å². The van der Waals surface area contributed by atoms with Gasteiger partial charge in [0.2, 0.25) is 23.6 Å². The lowest BCUT2D eigenvalue weighted by molar-refractivity contribution is -0.129. The number of ketones is 1. The number of carbonyl (C=O) groups excluding carboxylic acids is 9. The van der Waals surface area contributed by atoms with Crippen molar-refractivity contribution in [1.82, 2.24) is 0 Å². The van der Waals surface area contributed by atoms with Gasteiger partial charge in [-0.3, -0.25) is 53.0 Å². The molecule has 82 heavy (non-hydrogen) atoms. The Labute approximate surface area is 466 Å². The largest absolute Gasteiger partial charge is 0.289 e. The van der Waals surface area contributed by atoms with Gasteiger partial charge < -0.3 is 0 Å². The Kier molecular flexibility index (Phi) is 11.1. The van der Waals surface area contributed by atoms with E-state index in [4.69, 9.17) is 0 Å². The van der Waals surface area contributed by atoms with Crippen LogP contribution in [0.25, 0.3) is 0 Å². The first-order valence-electron chi connectivity index (χ1n) is 27.6. The second kappa shape index (κ2) is 17.6. The van der Waals surface area contributed by atoms with E-state index in [1.165, 1.54) is 36.4 Å². The number of rotatable bonds is 10. The van der Waals surface area contributed by atoms with Crippen molar-refractivity contribution in [2.45, 2.75) is 52.4 Å². The average Bonchev–Trinajstić information content (AvgIpc) is 2.75. The van der Waals surface area contributed by atoms with E-state index in [2.05, 4.69) is 0 Å². The van der Waals surface area contributed by atoms with Crippen LogP contribution in [-0.2, 0) is 32.0 Å². The summed E-state index contributed by atoms with van der Waals surface area (Å²) in [5.41, 5.74) is 4.86. The van der Waals surface area contributed by atoms with Crippen LogP contribution in [0.3, 0.4) is 0 Å². The molecule has 14 rings (SSSR count). The number of alkyl halides is 4. The van der Waals surface area contributed by atoms with Crippen LogP contribution in [-0.4, -0.2) is 64.9 Å². The number of nitrogens with zero attached hydrogens (tertiary/aromatic N) is 4. The highest BCUT2D eigenvalue weighted by molar-refractivity contribution is 6.36. The third-order valence-electron chi connectivity index (χ3n) is 19.9. The van der Waals surface area contributed by atoms with Gasteiger partial charge in [0, 0.05) is 34.8 Å². The van der Waals surface area contributed by atoms with E-state index in [0.717, 1.165) is 41.9 Å². The Hall–Kier alpha value is -8.73. The van der Waals surface area contributed by atoms with E-state index in [9.17, 15) is 43.2 Å². The lowest BCUT2D eigenvalue weighted by Crippen LogP contribution is -2.38. The van der Waals surface area contributed by atoms with Crippen LogP contribution in [0.15, 0.2) is 133 Å². The quantitative estimate of drug-likeness (QED) is 0.0737. The first-order chi connectivity index (χ1) is 39.1. The second-order valence-corrected chi connectivity index (χ2v) is 23.8. The maximum Gasteiger partial charge on any atom is 0.266 e. The van der Waals surface area contributed by atoms with Crippen molar-refractivity contribution >= 4 is 75.8 Å². The molecule has 6 fully saturated rings. The molecule has 4 bridgehead atoms. The molecule has 8 amide bonds. The number of fused-ring (bicyclic) bond motifs is 12. The summed E-state index contributed by atoms with van der Waals surface area (Å²) in [4.78, 5) is 128. The lowest BCUT2D eigenvalue weighted by atomic mass is 9.70. The summed E-state index contributed by atoms with van der Waals surface area (Å²) >= 11 is 0. The van der Waals surface area contributed by atoms with Gasteiger partial charge in [-0.1, -0.05) is 88.4 Å². The van der Waals surface area contributed by atoms with Gasteiger partial charge in [-0.2, -0.15) is 0 Å². The highest BCUT2D eigenvalue weighted by Crippen LogP contribution is 2.69. The van der Waals surface area contributed by atoms with E-state index < -0.39 is 112 Å². The SMILES string of the molecule is CC1C(C)C2C3C(=O)N(c4ccc(Cc5ccc(N6C(=O)c7ccc(C(=O)c8ccc9c(c8)C(=O)N(c8ccc(Cc%10ccc(N%11C(=O)C%12C(C%11=O)C%11C(C)C(C)C%12C%11(F)F)cc%10)cc8)C9=O)cc7C6=O)cc5)cc4)C(=O)C3C1C2(F)F. The van der Waals surface area contributed by atoms with Crippen molar-refractivity contribution in [2.75, 3.05) is 19.6 Å². The minimum absolute atomic E-state index is 0.00706. The highest BCUT2D eigenvalue weighted by atomic mass is 19.3. The maximum absolute atomic E-state index is 15.3. The Balaban J connectivity index is 0.608. The molecule has 412 valence electrons. The van der Waals surface area contributed by atoms with E-state index >= 15 is 17.6 Å². The summed E-state index contributed by atoms with van der Waals surface area (Å²) in [6.07, 6.45) is 0.824. The Morgan fingerprint density at radius 2 is 0.598 bits per heavy atom. The highest BCUT2D eigenvalue weighted by Gasteiger charge is 2.79. The molecule has 12 unspecified atom stereocenters. The molecule has 0 N–H and O–H groups in total. The van der Waals surface area contributed by atoms with Crippen LogP contribution in [0, 0.1) is 71.0 Å². The molecule has 12 atom stereocenters. The molecule has 8 aliphatic rings. The first kappa shape index (κ1) is 51.4. The van der Waals surface area contributed by atoms with Gasteiger partial charge in [0.05, 0.1) is 68.7 Å². The molecule has 4 aliphatic carbocycles. The summed E-state index contributed by atoms with van der Waals surface area (Å²) in [6, 6.07) is 35.4. The third-order valence-corrected chi connectivity index (χ3v) is 19.9. The summed E-state index contributed by atoms with van der Waals surface area (Å²) in [6.45, 7) is 6.94. The van der Waals surface area contributed by atoms with Crippen LogP contribution < -0.4 is 19.6 Å². The molecule has 0 radical (unpaired) electrons. The molecule has 0 aromatic heterocycles. The van der Waals surface area contributed by atoms with Gasteiger partial charge in [-0.05, 0) is 132 Å². The molecule has 13 nitrogen and oxygen atoms in total. The van der Waals surface area contributed by atoms with Crippen LogP contribution in [0.1, 0.15) is 107 Å². The number of benzene rings is 6. The van der Waals surface area contributed by atoms with Gasteiger partial charge >= 0.3 is 0 Å². The molecule has 6 aromatic rings. The van der Waals surface area contributed by atoms with E-state index in [1.807, 2.05) is 0 Å². The Morgan fingerprint density at radius 3 is 0.866 bits per heavy atom. The predicted molar refractivity (Wildman–Crippen MR) is 289 cm³/mol. The van der Waals surface area contributed by atoms with E-state index in [-0.39, 0.29) is 57.1 Å². The fourth-order valence-corrected chi connectivity index (χ4v) is 15.8. The minimum Gasteiger partial charge on any atom is -0.289 e. The number of imide groups is 4. The molecular weight excluding hydrogens is 1060 g/mol. The number of amides is 8. The molecule has 17 heteroatoms. The molecular formula is C65H50F4N4O9. The molecule has 4 heterocycles. The fourth-order valence-electron chi connectivity index (χ4n) is 15.8. The van der Waals surface area contributed by atoms with Crippen molar-refractivity contribution in [3.05, 3.63) is 189 Å².